The molecule has 2 rings (SSSR count). The van der Waals surface area contributed by atoms with Crippen LogP contribution >= 0.6 is 0 Å². The van der Waals surface area contributed by atoms with Gasteiger partial charge in [-0.15, -0.1) is 0 Å². The first-order chi connectivity index (χ1) is 9.63. The summed E-state index contributed by atoms with van der Waals surface area (Å²) in [7, 11) is 0. The molecule has 1 aromatic heterocycles. The van der Waals surface area contributed by atoms with Crippen molar-refractivity contribution < 1.29 is 9.90 Å². The number of hydrogen-bond acceptors (Lipinski definition) is 2. The van der Waals surface area contributed by atoms with Crippen molar-refractivity contribution in [3.05, 3.63) is 41.7 Å². The van der Waals surface area contributed by atoms with E-state index in [0.29, 0.717) is 0 Å². The van der Waals surface area contributed by atoms with Crippen LogP contribution in [0.2, 0.25) is 0 Å². The summed E-state index contributed by atoms with van der Waals surface area (Å²) >= 11 is 0. The minimum absolute atomic E-state index is 0.0232. The number of nitrogens with zero attached hydrogens (tertiary/aromatic N) is 2. The fraction of sp³-hybridized carbons (Fsp3) is 0.375. The van der Waals surface area contributed by atoms with Gasteiger partial charge in [-0.3, -0.25) is 4.79 Å². The molecular formula is C16H20N2O2. The monoisotopic (exact) mass is 272 g/mol. The van der Waals surface area contributed by atoms with Gasteiger partial charge in [0.1, 0.15) is 5.82 Å². The van der Waals surface area contributed by atoms with E-state index in [1.165, 1.54) is 0 Å². The van der Waals surface area contributed by atoms with E-state index in [9.17, 15) is 4.79 Å². The van der Waals surface area contributed by atoms with Gasteiger partial charge >= 0.3 is 5.97 Å². The van der Waals surface area contributed by atoms with Crippen molar-refractivity contribution in [2.24, 2.45) is 0 Å². The van der Waals surface area contributed by atoms with Gasteiger partial charge in [-0.25, -0.2) is 4.98 Å². The van der Waals surface area contributed by atoms with E-state index in [1.54, 1.807) is 0 Å². The molecule has 4 heteroatoms. The Bertz CT molecular complexity index is 588. The number of imidazole rings is 1. The minimum Gasteiger partial charge on any atom is -0.481 e. The van der Waals surface area contributed by atoms with Gasteiger partial charge in [-0.2, -0.15) is 0 Å². The molecule has 0 saturated carbocycles. The van der Waals surface area contributed by atoms with Crippen LogP contribution in [-0.2, 0) is 17.8 Å². The van der Waals surface area contributed by atoms with Gasteiger partial charge in [0.05, 0.1) is 17.8 Å². The summed E-state index contributed by atoms with van der Waals surface area (Å²) in [5.74, 6) is 0.0539. The lowest BCUT2D eigenvalue weighted by molar-refractivity contribution is -0.136. The number of benzene rings is 1. The number of carboxylic acid groups (broad SMARTS) is 1. The van der Waals surface area contributed by atoms with E-state index in [-0.39, 0.29) is 6.42 Å². The maximum Gasteiger partial charge on any atom is 0.309 e. The minimum atomic E-state index is -0.814. The summed E-state index contributed by atoms with van der Waals surface area (Å²) in [5.41, 5.74) is 2.65. The van der Waals surface area contributed by atoms with Gasteiger partial charge in [-0.1, -0.05) is 43.7 Å². The molecule has 0 unspecified atom stereocenters. The molecule has 0 radical (unpaired) electrons. The number of carbonyl (C=O) groups is 1. The van der Waals surface area contributed by atoms with Crippen LogP contribution in [0, 0.1) is 6.92 Å². The van der Waals surface area contributed by atoms with Crippen LogP contribution < -0.4 is 0 Å². The van der Waals surface area contributed by atoms with Crippen LogP contribution in [0.5, 0.6) is 0 Å². The molecule has 0 spiro atoms. The quantitative estimate of drug-likeness (QED) is 0.878. The smallest absolute Gasteiger partial charge is 0.309 e. The predicted molar refractivity (Wildman–Crippen MR) is 78.6 cm³/mol. The average molecular weight is 272 g/mol. The van der Waals surface area contributed by atoms with Crippen LogP contribution in [-0.4, -0.2) is 20.6 Å². The number of rotatable bonds is 6. The van der Waals surface area contributed by atoms with Crippen molar-refractivity contribution in [1.82, 2.24) is 9.55 Å². The highest BCUT2D eigenvalue weighted by atomic mass is 16.4. The van der Waals surface area contributed by atoms with Gasteiger partial charge < -0.3 is 9.67 Å². The standard InChI is InChI=1S/C16H20N2O2/c1-3-4-10-18-14(11-15(19)20)12(2)17-16(18)13-8-6-5-7-9-13/h5-9H,3-4,10-11H2,1-2H3,(H,19,20). The van der Waals surface area contributed by atoms with Crippen LogP contribution in [0.4, 0.5) is 0 Å². The fourth-order valence-electron chi connectivity index (χ4n) is 2.34. The first-order valence-electron chi connectivity index (χ1n) is 6.96. The van der Waals surface area contributed by atoms with Crippen molar-refractivity contribution >= 4 is 5.97 Å². The fourth-order valence-corrected chi connectivity index (χ4v) is 2.34. The van der Waals surface area contributed by atoms with Crippen molar-refractivity contribution in [3.8, 4) is 11.4 Å². The molecule has 0 amide bonds. The summed E-state index contributed by atoms with van der Waals surface area (Å²) in [6.07, 6.45) is 2.11. The van der Waals surface area contributed by atoms with Crippen LogP contribution in [0.15, 0.2) is 30.3 Å². The molecule has 0 aliphatic rings. The number of aromatic nitrogens is 2. The zero-order valence-corrected chi connectivity index (χ0v) is 12.0. The predicted octanol–water partition coefficient (Wildman–Crippen LogP) is 3.29. The summed E-state index contributed by atoms with van der Waals surface area (Å²) in [6, 6.07) is 9.93. The van der Waals surface area contributed by atoms with Gasteiger partial charge in [0.15, 0.2) is 0 Å². The van der Waals surface area contributed by atoms with E-state index >= 15 is 0 Å². The summed E-state index contributed by atoms with van der Waals surface area (Å²) in [6.45, 7) is 4.82. The third-order valence-corrected chi connectivity index (χ3v) is 3.36. The van der Waals surface area contributed by atoms with Crippen molar-refractivity contribution in [3.63, 3.8) is 0 Å². The Morgan fingerprint density at radius 1 is 1.30 bits per heavy atom. The highest BCUT2D eigenvalue weighted by Gasteiger charge is 2.17. The number of aryl methyl sites for hydroxylation is 1. The van der Waals surface area contributed by atoms with Crippen LogP contribution in [0.25, 0.3) is 11.4 Å². The average Bonchev–Trinajstić information content (AvgIpc) is 2.74. The molecule has 20 heavy (non-hydrogen) atoms. The first kappa shape index (κ1) is 14.3. The van der Waals surface area contributed by atoms with Gasteiger partial charge in [0.25, 0.3) is 0 Å². The lowest BCUT2D eigenvalue weighted by Crippen LogP contribution is -2.10. The maximum absolute atomic E-state index is 11.1. The molecule has 1 heterocycles. The Hall–Kier alpha value is -2.10. The molecule has 0 saturated heterocycles. The molecule has 0 aliphatic carbocycles. The Morgan fingerprint density at radius 2 is 2.00 bits per heavy atom. The van der Waals surface area contributed by atoms with E-state index in [0.717, 1.165) is 42.2 Å². The van der Waals surface area contributed by atoms with E-state index < -0.39 is 5.97 Å². The Balaban J connectivity index is 2.48. The molecule has 0 bridgehead atoms. The third-order valence-electron chi connectivity index (χ3n) is 3.36. The number of carboxylic acids is 1. The summed E-state index contributed by atoms with van der Waals surface area (Å²) in [5, 5.41) is 9.08. The van der Waals surface area contributed by atoms with Gasteiger partial charge in [0, 0.05) is 12.1 Å². The Morgan fingerprint density at radius 3 is 2.60 bits per heavy atom. The first-order valence-corrected chi connectivity index (χ1v) is 6.96. The topological polar surface area (TPSA) is 55.1 Å². The molecular weight excluding hydrogens is 252 g/mol. The molecule has 2 aromatic rings. The molecule has 1 N–H and O–H groups in total. The largest absolute Gasteiger partial charge is 0.481 e. The zero-order chi connectivity index (χ0) is 14.5. The second-order valence-electron chi connectivity index (χ2n) is 4.91. The lowest BCUT2D eigenvalue weighted by atomic mass is 10.2. The van der Waals surface area contributed by atoms with Crippen molar-refractivity contribution in [1.29, 1.82) is 0 Å². The maximum atomic E-state index is 11.1. The highest BCUT2D eigenvalue weighted by molar-refractivity contribution is 5.70. The van der Waals surface area contributed by atoms with Crippen LogP contribution in [0.1, 0.15) is 31.2 Å². The van der Waals surface area contributed by atoms with Crippen molar-refractivity contribution in [2.75, 3.05) is 0 Å². The third kappa shape index (κ3) is 3.07. The molecule has 0 atom stereocenters. The number of unbranched alkanes of at least 4 members (excludes halogenated alkanes) is 1. The van der Waals surface area contributed by atoms with Crippen molar-refractivity contribution in [2.45, 2.75) is 39.7 Å². The molecule has 0 fully saturated rings. The number of aliphatic carboxylic acids is 1. The summed E-state index contributed by atoms with van der Waals surface area (Å²) in [4.78, 5) is 15.6. The van der Waals surface area contributed by atoms with Gasteiger partial charge in [0.2, 0.25) is 0 Å². The highest BCUT2D eigenvalue weighted by Crippen LogP contribution is 2.23. The Kier molecular flexibility index (Phi) is 4.56. The van der Waals surface area contributed by atoms with E-state index in [4.69, 9.17) is 5.11 Å². The second kappa shape index (κ2) is 6.37. The SMILES string of the molecule is CCCCn1c(-c2ccccc2)nc(C)c1CC(=O)O. The molecule has 4 nitrogen and oxygen atoms in total. The van der Waals surface area contributed by atoms with E-state index in [2.05, 4.69) is 16.5 Å². The van der Waals surface area contributed by atoms with Gasteiger partial charge in [-0.05, 0) is 13.3 Å². The normalized spacial score (nSPS) is 10.7. The molecule has 0 aliphatic heterocycles. The molecule has 1 aromatic carbocycles. The second-order valence-corrected chi connectivity index (χ2v) is 4.91. The summed E-state index contributed by atoms with van der Waals surface area (Å²) < 4.78 is 2.06. The lowest BCUT2D eigenvalue weighted by Gasteiger charge is -2.11. The zero-order valence-electron chi connectivity index (χ0n) is 12.0. The number of hydrogen-bond donors (Lipinski definition) is 1. The van der Waals surface area contributed by atoms with Crippen LogP contribution in [0.3, 0.4) is 0 Å². The molecule has 106 valence electrons. The van der Waals surface area contributed by atoms with E-state index in [1.807, 2.05) is 37.3 Å². The Labute approximate surface area is 119 Å².